The van der Waals surface area contributed by atoms with Crippen molar-refractivity contribution in [2.75, 3.05) is 11.9 Å². The van der Waals surface area contributed by atoms with Gasteiger partial charge in [0.05, 0.1) is 18.2 Å². The molecule has 3 amide bonds. The molecule has 0 saturated carbocycles. The van der Waals surface area contributed by atoms with E-state index in [2.05, 4.69) is 0 Å². The van der Waals surface area contributed by atoms with Crippen molar-refractivity contribution < 1.29 is 9.59 Å². The molecule has 136 valence electrons. The molecule has 1 aliphatic heterocycles. The highest BCUT2D eigenvalue weighted by atomic mass is 35.5. The molecule has 26 heavy (non-hydrogen) atoms. The predicted molar refractivity (Wildman–Crippen MR) is 101 cm³/mol. The molecule has 0 spiro atoms. The van der Waals surface area contributed by atoms with E-state index in [1.165, 1.54) is 7.05 Å². The van der Waals surface area contributed by atoms with E-state index in [4.69, 9.17) is 23.3 Å². The van der Waals surface area contributed by atoms with E-state index in [9.17, 15) is 9.59 Å². The number of halogens is 1. The third-order valence-electron chi connectivity index (χ3n) is 4.38. The molecule has 1 atom stereocenters. The maximum atomic E-state index is 12.7. The lowest BCUT2D eigenvalue weighted by Crippen LogP contribution is -2.47. The van der Waals surface area contributed by atoms with Crippen LogP contribution in [0.3, 0.4) is 0 Å². The van der Waals surface area contributed by atoms with Gasteiger partial charge < -0.3 is 0 Å². The van der Waals surface area contributed by atoms with Crippen LogP contribution < -0.4 is 16.6 Å². The van der Waals surface area contributed by atoms with Gasteiger partial charge in [-0.25, -0.2) is 16.5 Å². The number of nitrogens with two attached hydrogens (primary N) is 2. The summed E-state index contributed by atoms with van der Waals surface area (Å²) in [5, 5.41) is 2.55. The Kier molecular flexibility index (Phi) is 4.86. The number of hydrogen-bond donors (Lipinski definition) is 2. The minimum atomic E-state index is -0.497. The summed E-state index contributed by atoms with van der Waals surface area (Å²) >= 11 is 6.06. The van der Waals surface area contributed by atoms with Crippen LogP contribution in [-0.4, -0.2) is 29.0 Å². The van der Waals surface area contributed by atoms with Crippen molar-refractivity contribution >= 4 is 34.9 Å². The highest BCUT2D eigenvalue weighted by Gasteiger charge is 2.35. The third-order valence-corrected chi connectivity index (χ3v) is 4.62. The van der Waals surface area contributed by atoms with Crippen molar-refractivity contribution in [1.82, 2.24) is 10.0 Å². The Morgan fingerprint density at radius 2 is 1.85 bits per heavy atom. The summed E-state index contributed by atoms with van der Waals surface area (Å²) in [4.78, 5) is 26.1. The van der Waals surface area contributed by atoms with Crippen molar-refractivity contribution in [1.29, 1.82) is 0 Å². The zero-order valence-corrected chi connectivity index (χ0v) is 15.3. The van der Waals surface area contributed by atoms with E-state index in [-0.39, 0.29) is 18.4 Å². The summed E-state index contributed by atoms with van der Waals surface area (Å²) in [6.07, 6.45) is 0. The monoisotopic (exact) mass is 373 g/mol. The second kappa shape index (κ2) is 6.95. The maximum absolute atomic E-state index is 12.7. The Hall–Kier alpha value is -2.61. The molecule has 0 radical (unpaired) electrons. The Morgan fingerprint density at radius 1 is 1.19 bits per heavy atom. The second-order valence-corrected chi connectivity index (χ2v) is 6.72. The number of carbonyl (C=O) groups is 2. The molecule has 0 fully saturated rings. The van der Waals surface area contributed by atoms with E-state index in [1.807, 2.05) is 43.3 Å². The van der Waals surface area contributed by atoms with Crippen LogP contribution in [0.1, 0.15) is 24.0 Å². The lowest BCUT2D eigenvalue weighted by Gasteiger charge is -2.21. The lowest BCUT2D eigenvalue weighted by atomic mass is 10.0. The van der Waals surface area contributed by atoms with Gasteiger partial charge in [-0.1, -0.05) is 23.7 Å². The molecular formula is C18H20ClN5O2. The number of rotatable bonds is 3. The van der Waals surface area contributed by atoms with Gasteiger partial charge in [0, 0.05) is 17.8 Å². The lowest BCUT2D eigenvalue weighted by molar-refractivity contribution is -0.118. The zero-order valence-electron chi connectivity index (χ0n) is 14.5. The molecule has 4 N–H and O–H groups in total. The Balaban J connectivity index is 1.84. The van der Waals surface area contributed by atoms with E-state index in [0.29, 0.717) is 5.02 Å². The molecule has 2 aromatic carbocycles. The number of hydrazine groups is 2. The SMILES string of the molecule is CC1C(=O)N(c2ccc(CN(N)C(=O)N(C)N)cc2)c2ccc(Cl)cc21. The predicted octanol–water partition coefficient (Wildman–Crippen LogP) is 2.72. The van der Waals surface area contributed by atoms with Gasteiger partial charge in [0.1, 0.15) is 0 Å². The minimum absolute atomic E-state index is 0.00426. The van der Waals surface area contributed by atoms with Crippen molar-refractivity contribution in [3.05, 3.63) is 58.6 Å². The molecule has 0 bridgehead atoms. The van der Waals surface area contributed by atoms with E-state index < -0.39 is 6.03 Å². The van der Waals surface area contributed by atoms with Crippen molar-refractivity contribution in [2.24, 2.45) is 11.7 Å². The molecule has 3 rings (SSSR count). The van der Waals surface area contributed by atoms with Crippen LogP contribution in [-0.2, 0) is 11.3 Å². The topological polar surface area (TPSA) is 95.9 Å². The second-order valence-electron chi connectivity index (χ2n) is 6.29. The van der Waals surface area contributed by atoms with Crippen molar-refractivity contribution in [3.8, 4) is 0 Å². The van der Waals surface area contributed by atoms with Crippen LogP contribution in [0.2, 0.25) is 5.02 Å². The summed E-state index contributed by atoms with van der Waals surface area (Å²) in [6, 6.07) is 12.3. The summed E-state index contributed by atoms with van der Waals surface area (Å²) in [7, 11) is 1.43. The molecular weight excluding hydrogens is 354 g/mol. The average molecular weight is 374 g/mol. The highest BCUT2D eigenvalue weighted by molar-refractivity contribution is 6.31. The third kappa shape index (κ3) is 3.24. The Labute approximate surface area is 156 Å². The number of anilines is 2. The average Bonchev–Trinajstić information content (AvgIpc) is 2.86. The Bertz CT molecular complexity index is 853. The van der Waals surface area contributed by atoms with Gasteiger partial charge in [0.2, 0.25) is 5.91 Å². The first-order chi connectivity index (χ1) is 12.3. The van der Waals surface area contributed by atoms with Gasteiger partial charge in [-0.15, -0.1) is 0 Å². The first kappa shape index (κ1) is 18.2. The summed E-state index contributed by atoms with van der Waals surface area (Å²) in [5.41, 5.74) is 3.32. The van der Waals surface area contributed by atoms with Crippen LogP contribution in [0.25, 0.3) is 0 Å². The first-order valence-electron chi connectivity index (χ1n) is 8.06. The van der Waals surface area contributed by atoms with Gasteiger partial charge in [0.25, 0.3) is 0 Å². The minimum Gasteiger partial charge on any atom is -0.280 e. The number of amides is 3. The van der Waals surface area contributed by atoms with Crippen LogP contribution in [0, 0.1) is 0 Å². The largest absolute Gasteiger partial charge is 0.348 e. The number of nitrogens with zero attached hydrogens (tertiary/aromatic N) is 3. The van der Waals surface area contributed by atoms with Crippen LogP contribution in [0.4, 0.5) is 16.2 Å². The number of fused-ring (bicyclic) bond motifs is 1. The molecule has 0 aromatic heterocycles. The maximum Gasteiger partial charge on any atom is 0.348 e. The number of benzene rings is 2. The zero-order chi connectivity index (χ0) is 19.0. The molecule has 8 heteroatoms. The highest BCUT2D eigenvalue weighted by Crippen LogP contribution is 2.42. The molecule has 1 aliphatic rings. The summed E-state index contributed by atoms with van der Waals surface area (Å²) in [6.45, 7) is 2.07. The normalized spacial score (nSPS) is 15.8. The van der Waals surface area contributed by atoms with Gasteiger partial charge in [-0.3, -0.25) is 19.7 Å². The summed E-state index contributed by atoms with van der Waals surface area (Å²) in [5.74, 6) is 10.8. The quantitative estimate of drug-likeness (QED) is 0.491. The van der Waals surface area contributed by atoms with Crippen molar-refractivity contribution in [2.45, 2.75) is 19.4 Å². The smallest absolute Gasteiger partial charge is 0.280 e. The molecule has 7 nitrogen and oxygen atoms in total. The van der Waals surface area contributed by atoms with Gasteiger partial charge in [-0.05, 0) is 48.4 Å². The molecule has 1 heterocycles. The fourth-order valence-corrected chi connectivity index (χ4v) is 3.19. The molecule has 1 unspecified atom stereocenters. The van der Waals surface area contributed by atoms with E-state index in [0.717, 1.165) is 32.5 Å². The fourth-order valence-electron chi connectivity index (χ4n) is 3.00. The number of carbonyl (C=O) groups excluding carboxylic acids is 2. The standard InChI is InChI=1S/C18H20ClN5O2/c1-11-15-9-13(19)5-8-16(15)24(17(11)25)14-6-3-12(4-7-14)10-23(21)18(26)22(2)20/h3-9,11H,10,20-21H2,1-2H3. The van der Waals surface area contributed by atoms with Gasteiger partial charge in [0.15, 0.2) is 0 Å². The molecule has 0 saturated heterocycles. The van der Waals surface area contributed by atoms with Crippen molar-refractivity contribution in [3.63, 3.8) is 0 Å². The van der Waals surface area contributed by atoms with E-state index in [1.54, 1.807) is 11.0 Å². The van der Waals surface area contributed by atoms with Crippen LogP contribution in [0.5, 0.6) is 0 Å². The summed E-state index contributed by atoms with van der Waals surface area (Å²) < 4.78 is 0. The first-order valence-corrected chi connectivity index (χ1v) is 8.44. The van der Waals surface area contributed by atoms with Crippen LogP contribution >= 0.6 is 11.6 Å². The van der Waals surface area contributed by atoms with E-state index >= 15 is 0 Å². The van der Waals surface area contributed by atoms with Crippen LogP contribution in [0.15, 0.2) is 42.5 Å². The number of hydrogen-bond acceptors (Lipinski definition) is 4. The Morgan fingerprint density at radius 3 is 2.46 bits per heavy atom. The molecule has 0 aliphatic carbocycles. The van der Waals surface area contributed by atoms with Gasteiger partial charge in [-0.2, -0.15) is 0 Å². The number of urea groups is 1. The molecule has 2 aromatic rings. The fraction of sp³-hybridized carbons (Fsp3) is 0.222. The van der Waals surface area contributed by atoms with Gasteiger partial charge >= 0.3 is 6.03 Å².